The van der Waals surface area contributed by atoms with Crippen LogP contribution in [0.25, 0.3) is 0 Å². The molecule has 1 rings (SSSR count). The number of halogens is 1. The normalized spacial score (nSPS) is 11.6. The molecule has 1 atom stereocenters. The van der Waals surface area contributed by atoms with E-state index in [-0.39, 0.29) is 0 Å². The van der Waals surface area contributed by atoms with Gasteiger partial charge < -0.3 is 5.11 Å². The Morgan fingerprint density at radius 2 is 2.43 bits per heavy atom. The Morgan fingerprint density at radius 1 is 1.64 bits per heavy atom. The van der Waals surface area contributed by atoms with Crippen molar-refractivity contribution < 1.29 is 5.11 Å². The lowest BCUT2D eigenvalue weighted by Gasteiger charge is -2.08. The summed E-state index contributed by atoms with van der Waals surface area (Å²) in [4.78, 5) is 7.83. The summed E-state index contributed by atoms with van der Waals surface area (Å²) in [7, 11) is 0. The topological polar surface area (TPSA) is 46.0 Å². The first-order chi connectivity index (χ1) is 6.75. The lowest BCUT2D eigenvalue weighted by molar-refractivity contribution is 0.163. The fourth-order valence-electron chi connectivity index (χ4n) is 1.04. The highest BCUT2D eigenvalue weighted by Crippen LogP contribution is 2.22. The molecule has 0 aliphatic heterocycles. The minimum absolute atomic E-state index is 0.576. The molecule has 0 amide bonds. The van der Waals surface area contributed by atoms with E-state index in [4.69, 9.17) is 0 Å². The third-order valence-electron chi connectivity index (χ3n) is 1.73. The first-order valence-electron chi connectivity index (χ1n) is 4.28. The van der Waals surface area contributed by atoms with Gasteiger partial charge in [0.2, 0.25) is 0 Å². The molecule has 1 N–H and O–H groups in total. The van der Waals surface area contributed by atoms with Crippen LogP contribution in [-0.2, 0) is 0 Å². The van der Waals surface area contributed by atoms with Crippen molar-refractivity contribution in [1.29, 1.82) is 0 Å². The Morgan fingerprint density at radius 3 is 3.07 bits per heavy atom. The van der Waals surface area contributed by atoms with Gasteiger partial charge in [-0.05, 0) is 29.3 Å². The summed E-state index contributed by atoms with van der Waals surface area (Å²) < 4.78 is 0.733. The smallest absolute Gasteiger partial charge is 0.115 e. The fraction of sp³-hybridized carbons (Fsp3) is 0.400. The second kappa shape index (κ2) is 5.74. The zero-order chi connectivity index (χ0) is 10.4. The number of aromatic nitrogens is 2. The maximum Gasteiger partial charge on any atom is 0.115 e. The molecule has 0 radical (unpaired) electrons. The van der Waals surface area contributed by atoms with Crippen molar-refractivity contribution in [3.05, 3.63) is 22.7 Å². The standard InChI is InChI=1S/C10H11BrN2O/c1-2-3-4-5-9(14)10-8(11)6-12-7-13-10/h6-7,9,14H,4-5H2,1H3. The molecule has 4 heteroatoms. The van der Waals surface area contributed by atoms with Gasteiger partial charge in [-0.2, -0.15) is 0 Å². The van der Waals surface area contributed by atoms with Crippen LogP contribution in [-0.4, -0.2) is 15.1 Å². The van der Waals surface area contributed by atoms with Crippen LogP contribution in [0.2, 0.25) is 0 Å². The lowest BCUT2D eigenvalue weighted by atomic mass is 10.1. The molecule has 0 aromatic carbocycles. The largest absolute Gasteiger partial charge is 0.387 e. The molecule has 0 aliphatic carbocycles. The summed E-state index contributed by atoms with van der Waals surface area (Å²) in [6.45, 7) is 1.78. The zero-order valence-electron chi connectivity index (χ0n) is 7.87. The van der Waals surface area contributed by atoms with E-state index in [9.17, 15) is 5.11 Å². The molecule has 14 heavy (non-hydrogen) atoms. The Labute approximate surface area is 91.7 Å². The van der Waals surface area contributed by atoms with Crippen LogP contribution in [0.4, 0.5) is 0 Å². The summed E-state index contributed by atoms with van der Waals surface area (Å²) in [5.41, 5.74) is 0.623. The van der Waals surface area contributed by atoms with E-state index >= 15 is 0 Å². The molecule has 0 saturated carbocycles. The van der Waals surface area contributed by atoms with Crippen molar-refractivity contribution in [2.45, 2.75) is 25.9 Å². The summed E-state index contributed by atoms with van der Waals surface area (Å²) in [5.74, 6) is 5.68. The van der Waals surface area contributed by atoms with E-state index in [0.29, 0.717) is 18.5 Å². The van der Waals surface area contributed by atoms with Gasteiger partial charge in [0.1, 0.15) is 6.33 Å². The lowest BCUT2D eigenvalue weighted by Crippen LogP contribution is -2.01. The summed E-state index contributed by atoms with van der Waals surface area (Å²) in [6.07, 6.45) is 3.74. The molecule has 1 unspecified atom stereocenters. The number of aliphatic hydroxyl groups excluding tert-OH is 1. The molecular formula is C10H11BrN2O. The van der Waals surface area contributed by atoms with Crippen LogP contribution in [0.3, 0.4) is 0 Å². The van der Waals surface area contributed by atoms with E-state index in [1.165, 1.54) is 6.33 Å². The highest BCUT2D eigenvalue weighted by molar-refractivity contribution is 9.10. The Bertz CT molecular complexity index is 357. The molecule has 0 aliphatic rings. The number of hydrogen-bond donors (Lipinski definition) is 1. The monoisotopic (exact) mass is 254 g/mol. The predicted molar refractivity (Wildman–Crippen MR) is 57.4 cm³/mol. The van der Waals surface area contributed by atoms with Crippen molar-refractivity contribution in [2.75, 3.05) is 0 Å². The summed E-state index contributed by atoms with van der Waals surface area (Å²) >= 11 is 3.28. The van der Waals surface area contributed by atoms with Crippen LogP contribution >= 0.6 is 15.9 Å². The van der Waals surface area contributed by atoms with Gasteiger partial charge in [0.05, 0.1) is 16.3 Å². The van der Waals surface area contributed by atoms with Crippen LogP contribution in [0.1, 0.15) is 31.6 Å². The predicted octanol–water partition coefficient (Wildman–Crippen LogP) is 2.08. The Balaban J connectivity index is 2.63. The third kappa shape index (κ3) is 3.09. The van der Waals surface area contributed by atoms with Crippen LogP contribution in [0.5, 0.6) is 0 Å². The number of rotatable bonds is 3. The van der Waals surface area contributed by atoms with Crippen molar-refractivity contribution in [1.82, 2.24) is 9.97 Å². The molecule has 74 valence electrons. The van der Waals surface area contributed by atoms with Gasteiger partial charge in [0.15, 0.2) is 0 Å². The second-order valence-corrected chi connectivity index (χ2v) is 3.59. The minimum Gasteiger partial charge on any atom is -0.387 e. The van der Waals surface area contributed by atoms with E-state index < -0.39 is 6.10 Å². The van der Waals surface area contributed by atoms with Gasteiger partial charge in [-0.25, -0.2) is 9.97 Å². The molecule has 3 nitrogen and oxygen atoms in total. The first-order valence-corrected chi connectivity index (χ1v) is 5.08. The molecule has 1 aromatic rings. The molecule has 0 saturated heterocycles. The molecule has 0 bridgehead atoms. The van der Waals surface area contributed by atoms with Gasteiger partial charge >= 0.3 is 0 Å². The van der Waals surface area contributed by atoms with Crippen molar-refractivity contribution in [3.63, 3.8) is 0 Å². The molecule has 0 fully saturated rings. The van der Waals surface area contributed by atoms with Crippen molar-refractivity contribution in [2.24, 2.45) is 0 Å². The highest BCUT2D eigenvalue weighted by Gasteiger charge is 2.11. The van der Waals surface area contributed by atoms with E-state index in [1.807, 2.05) is 0 Å². The minimum atomic E-state index is -0.576. The number of nitrogens with zero attached hydrogens (tertiary/aromatic N) is 2. The van der Waals surface area contributed by atoms with Gasteiger partial charge in [0.25, 0.3) is 0 Å². The Hall–Kier alpha value is -0.920. The molecule has 1 aromatic heterocycles. The van der Waals surface area contributed by atoms with Crippen molar-refractivity contribution in [3.8, 4) is 11.8 Å². The molecule has 0 spiro atoms. The SMILES string of the molecule is CC#CCCC(O)c1ncncc1Br. The van der Waals surface area contributed by atoms with Crippen LogP contribution in [0.15, 0.2) is 17.0 Å². The van der Waals surface area contributed by atoms with Gasteiger partial charge in [0, 0.05) is 12.6 Å². The van der Waals surface area contributed by atoms with Gasteiger partial charge in [-0.1, -0.05) is 0 Å². The van der Waals surface area contributed by atoms with E-state index in [0.717, 1.165) is 4.47 Å². The average molecular weight is 255 g/mol. The molecular weight excluding hydrogens is 244 g/mol. The summed E-state index contributed by atoms with van der Waals surface area (Å²) in [6, 6.07) is 0. The maximum absolute atomic E-state index is 9.74. The van der Waals surface area contributed by atoms with Gasteiger partial charge in [-0.3, -0.25) is 0 Å². The van der Waals surface area contributed by atoms with Crippen LogP contribution in [0, 0.1) is 11.8 Å². The quantitative estimate of drug-likeness (QED) is 0.841. The van der Waals surface area contributed by atoms with E-state index in [1.54, 1.807) is 13.1 Å². The second-order valence-electron chi connectivity index (χ2n) is 2.74. The highest BCUT2D eigenvalue weighted by atomic mass is 79.9. The maximum atomic E-state index is 9.74. The first kappa shape index (κ1) is 11.2. The summed E-state index contributed by atoms with van der Waals surface area (Å²) in [5, 5.41) is 9.74. The van der Waals surface area contributed by atoms with Gasteiger partial charge in [-0.15, -0.1) is 11.8 Å². The number of aliphatic hydroxyl groups is 1. The number of hydrogen-bond acceptors (Lipinski definition) is 3. The zero-order valence-corrected chi connectivity index (χ0v) is 9.45. The van der Waals surface area contributed by atoms with E-state index in [2.05, 4.69) is 37.7 Å². The third-order valence-corrected chi connectivity index (χ3v) is 2.34. The van der Waals surface area contributed by atoms with Crippen molar-refractivity contribution >= 4 is 15.9 Å². The molecule has 1 heterocycles. The fourth-order valence-corrected chi connectivity index (χ4v) is 1.52. The average Bonchev–Trinajstić information content (AvgIpc) is 2.18. The Kier molecular flexibility index (Phi) is 4.57. The van der Waals surface area contributed by atoms with Crippen LogP contribution < -0.4 is 0 Å².